The van der Waals surface area contributed by atoms with Crippen LogP contribution in [0.3, 0.4) is 0 Å². The Morgan fingerprint density at radius 3 is 2.87 bits per heavy atom. The smallest absolute Gasteiger partial charge is 0.268 e. The third-order valence-electron chi connectivity index (χ3n) is 4.09. The Hall–Kier alpha value is -2.60. The molecule has 0 aliphatic carbocycles. The quantitative estimate of drug-likeness (QED) is 0.730. The maximum Gasteiger partial charge on any atom is 0.268 e. The lowest BCUT2D eigenvalue weighted by Gasteiger charge is -2.11. The van der Waals surface area contributed by atoms with Gasteiger partial charge >= 0.3 is 0 Å². The molecule has 0 spiro atoms. The van der Waals surface area contributed by atoms with E-state index in [1.54, 1.807) is 0 Å². The minimum atomic E-state index is -0.703. The normalized spacial score (nSPS) is 12.6. The number of imidazole rings is 1. The lowest BCUT2D eigenvalue weighted by atomic mass is 10.1. The van der Waals surface area contributed by atoms with Gasteiger partial charge in [0.25, 0.3) is 5.91 Å². The third kappa shape index (κ3) is 3.12. The number of amides is 1. The summed E-state index contributed by atoms with van der Waals surface area (Å²) in [6.45, 7) is 0. The van der Waals surface area contributed by atoms with Crippen molar-refractivity contribution in [1.82, 2.24) is 14.1 Å². The highest BCUT2D eigenvalue weighted by Gasteiger charge is 2.11. The van der Waals surface area contributed by atoms with Gasteiger partial charge in [0, 0.05) is 30.3 Å². The van der Waals surface area contributed by atoms with E-state index in [2.05, 4.69) is 27.9 Å². The van der Waals surface area contributed by atoms with Gasteiger partial charge in [0.1, 0.15) is 11.9 Å². The first-order chi connectivity index (χ1) is 11.1. The number of primary amides is 1. The average molecular weight is 312 g/mol. The Labute approximate surface area is 134 Å². The van der Waals surface area contributed by atoms with Crippen molar-refractivity contribution in [3.05, 3.63) is 54.2 Å². The summed E-state index contributed by atoms with van der Waals surface area (Å²) in [6.07, 6.45) is 6.64. The number of fused-ring (bicyclic) bond motifs is 1. The van der Waals surface area contributed by atoms with Gasteiger partial charge < -0.3 is 20.0 Å². The van der Waals surface area contributed by atoms with Crippen molar-refractivity contribution in [3.63, 3.8) is 0 Å². The van der Waals surface area contributed by atoms with Crippen LogP contribution < -0.4 is 5.73 Å². The summed E-state index contributed by atoms with van der Waals surface area (Å²) < 4.78 is 3.64. The number of aryl methyl sites for hydroxylation is 2. The van der Waals surface area contributed by atoms with Crippen LogP contribution in [0.5, 0.6) is 0 Å². The summed E-state index contributed by atoms with van der Waals surface area (Å²) >= 11 is 0. The van der Waals surface area contributed by atoms with Crippen molar-refractivity contribution in [2.75, 3.05) is 0 Å². The molecule has 1 aromatic carbocycles. The molecule has 2 heterocycles. The van der Waals surface area contributed by atoms with E-state index >= 15 is 0 Å². The van der Waals surface area contributed by atoms with E-state index in [0.29, 0.717) is 6.42 Å². The van der Waals surface area contributed by atoms with Gasteiger partial charge in [0.05, 0.1) is 6.33 Å². The van der Waals surface area contributed by atoms with Crippen LogP contribution in [-0.4, -0.2) is 25.1 Å². The van der Waals surface area contributed by atoms with Crippen LogP contribution in [0.15, 0.2) is 43.0 Å². The van der Waals surface area contributed by atoms with E-state index in [4.69, 9.17) is 5.73 Å². The van der Waals surface area contributed by atoms with Gasteiger partial charge in [0.15, 0.2) is 0 Å². The first-order valence-corrected chi connectivity index (χ1v) is 7.60. The van der Waals surface area contributed by atoms with Crippen LogP contribution in [-0.2, 0) is 13.5 Å². The van der Waals surface area contributed by atoms with Crippen molar-refractivity contribution in [2.24, 2.45) is 12.8 Å². The van der Waals surface area contributed by atoms with Crippen molar-refractivity contribution < 1.29 is 9.90 Å². The number of rotatable bonds is 6. The molecule has 0 saturated heterocycles. The lowest BCUT2D eigenvalue weighted by molar-refractivity contribution is 0.0918. The molecule has 23 heavy (non-hydrogen) atoms. The van der Waals surface area contributed by atoms with E-state index < -0.39 is 12.1 Å². The second-order valence-electron chi connectivity index (χ2n) is 5.73. The van der Waals surface area contributed by atoms with Gasteiger partial charge in [-0.05, 0) is 30.9 Å². The number of aliphatic hydroxyl groups is 1. The maximum atomic E-state index is 11.0. The predicted octanol–water partition coefficient (Wildman–Crippen LogP) is 1.99. The molecule has 2 aromatic heterocycles. The summed E-state index contributed by atoms with van der Waals surface area (Å²) in [7, 11) is 2.04. The molecule has 0 radical (unpaired) electrons. The SMILES string of the molecule is Cn1cc(CCC[C@@H](O)n2cnc(C(N)=O)c2)c2ccccc21. The van der Waals surface area contributed by atoms with Crippen LogP contribution in [0.4, 0.5) is 0 Å². The molecule has 3 rings (SSSR count). The van der Waals surface area contributed by atoms with Gasteiger partial charge in [-0.1, -0.05) is 18.2 Å². The predicted molar refractivity (Wildman–Crippen MR) is 87.9 cm³/mol. The lowest BCUT2D eigenvalue weighted by Crippen LogP contribution is -2.11. The van der Waals surface area contributed by atoms with Crippen molar-refractivity contribution >= 4 is 16.8 Å². The van der Waals surface area contributed by atoms with Crippen LogP contribution in [0.1, 0.15) is 35.1 Å². The number of benzene rings is 1. The minimum absolute atomic E-state index is 0.165. The topological polar surface area (TPSA) is 86.1 Å². The van der Waals surface area contributed by atoms with E-state index in [9.17, 15) is 9.90 Å². The average Bonchev–Trinajstić information content (AvgIpc) is 3.14. The standard InChI is InChI=1S/C17H20N4O2/c1-20-9-12(13-6-2-3-7-15(13)20)5-4-8-16(22)21-10-14(17(18)23)19-11-21/h2-3,6-7,9-11,16,22H,4-5,8H2,1H3,(H2,18,23)/t16-/m1/s1. The maximum absolute atomic E-state index is 11.0. The van der Waals surface area contributed by atoms with Gasteiger partial charge in [-0.25, -0.2) is 4.98 Å². The van der Waals surface area contributed by atoms with Gasteiger partial charge in [-0.2, -0.15) is 0 Å². The number of aromatic nitrogens is 3. The number of carbonyl (C=O) groups excluding carboxylic acids is 1. The second kappa shape index (κ2) is 6.26. The molecule has 3 N–H and O–H groups in total. The van der Waals surface area contributed by atoms with Crippen LogP contribution in [0.25, 0.3) is 10.9 Å². The van der Waals surface area contributed by atoms with E-state index in [0.717, 1.165) is 12.8 Å². The number of nitrogens with two attached hydrogens (primary N) is 1. The zero-order valence-corrected chi connectivity index (χ0v) is 13.0. The van der Waals surface area contributed by atoms with Crippen LogP contribution >= 0.6 is 0 Å². The fraction of sp³-hybridized carbons (Fsp3) is 0.294. The highest BCUT2D eigenvalue weighted by molar-refractivity contribution is 5.90. The second-order valence-corrected chi connectivity index (χ2v) is 5.73. The zero-order chi connectivity index (χ0) is 16.4. The molecule has 0 saturated carbocycles. The molecule has 1 atom stereocenters. The van der Waals surface area contributed by atoms with Crippen LogP contribution in [0.2, 0.25) is 0 Å². The monoisotopic (exact) mass is 312 g/mol. The summed E-state index contributed by atoms with van der Waals surface area (Å²) in [5.41, 5.74) is 7.81. The Kier molecular flexibility index (Phi) is 4.16. The molecule has 0 aliphatic rings. The van der Waals surface area contributed by atoms with E-state index in [1.807, 2.05) is 19.2 Å². The Balaban J connectivity index is 1.63. The summed E-state index contributed by atoms with van der Waals surface area (Å²) in [4.78, 5) is 14.9. The molecular formula is C17H20N4O2. The molecule has 0 fully saturated rings. The summed E-state index contributed by atoms with van der Waals surface area (Å²) in [6, 6.07) is 8.30. The van der Waals surface area contributed by atoms with E-state index in [1.165, 1.54) is 33.6 Å². The van der Waals surface area contributed by atoms with Gasteiger partial charge in [0.2, 0.25) is 0 Å². The third-order valence-corrected chi connectivity index (χ3v) is 4.09. The summed E-state index contributed by atoms with van der Waals surface area (Å²) in [5, 5.41) is 11.4. The highest BCUT2D eigenvalue weighted by atomic mass is 16.3. The highest BCUT2D eigenvalue weighted by Crippen LogP contribution is 2.23. The Bertz CT molecular complexity index is 834. The van der Waals surface area contributed by atoms with Gasteiger partial charge in [-0.15, -0.1) is 0 Å². The first kappa shape index (κ1) is 15.3. The van der Waals surface area contributed by atoms with Gasteiger partial charge in [-0.3, -0.25) is 4.79 Å². The molecule has 0 unspecified atom stereocenters. The molecule has 1 amide bonds. The molecule has 6 nitrogen and oxygen atoms in total. The number of carbonyl (C=O) groups is 1. The number of aliphatic hydroxyl groups excluding tert-OH is 1. The van der Waals surface area contributed by atoms with Crippen LogP contribution in [0, 0.1) is 0 Å². The van der Waals surface area contributed by atoms with Crippen molar-refractivity contribution in [3.8, 4) is 0 Å². The molecule has 0 aliphatic heterocycles. The van der Waals surface area contributed by atoms with Crippen molar-refractivity contribution in [2.45, 2.75) is 25.5 Å². The van der Waals surface area contributed by atoms with E-state index in [-0.39, 0.29) is 5.69 Å². The Morgan fingerprint density at radius 2 is 2.13 bits per heavy atom. The number of hydrogen-bond acceptors (Lipinski definition) is 3. The number of para-hydroxylation sites is 1. The Morgan fingerprint density at radius 1 is 1.35 bits per heavy atom. The largest absolute Gasteiger partial charge is 0.373 e. The fourth-order valence-electron chi connectivity index (χ4n) is 2.88. The zero-order valence-electron chi connectivity index (χ0n) is 13.0. The molecular weight excluding hydrogens is 292 g/mol. The fourth-order valence-corrected chi connectivity index (χ4v) is 2.88. The molecule has 120 valence electrons. The minimum Gasteiger partial charge on any atom is -0.373 e. The first-order valence-electron chi connectivity index (χ1n) is 7.60. The molecule has 6 heteroatoms. The molecule has 3 aromatic rings. The van der Waals surface area contributed by atoms with Crippen molar-refractivity contribution in [1.29, 1.82) is 0 Å². The molecule has 0 bridgehead atoms. The number of hydrogen-bond donors (Lipinski definition) is 2. The number of nitrogens with zero attached hydrogens (tertiary/aromatic N) is 3. The summed E-state index contributed by atoms with van der Waals surface area (Å²) in [5.74, 6) is -0.591.